The molecule has 0 aromatic carbocycles. The van der Waals surface area contributed by atoms with Gasteiger partial charge in [-0.3, -0.25) is 4.79 Å². The first-order valence-electron chi connectivity index (χ1n) is 7.63. The first-order chi connectivity index (χ1) is 8.55. The van der Waals surface area contributed by atoms with E-state index in [4.69, 9.17) is 5.73 Å². The molecule has 0 spiro atoms. The van der Waals surface area contributed by atoms with E-state index < -0.39 is 5.54 Å². The minimum absolute atomic E-state index is 0.228. The van der Waals surface area contributed by atoms with Crippen molar-refractivity contribution in [3.05, 3.63) is 0 Å². The molecule has 1 aliphatic heterocycles. The Kier molecular flexibility index (Phi) is 4.00. The van der Waals surface area contributed by atoms with Crippen molar-refractivity contribution in [2.24, 2.45) is 11.1 Å². The Balaban J connectivity index is 2.02. The maximum absolute atomic E-state index is 12.6. The van der Waals surface area contributed by atoms with Gasteiger partial charge in [0.15, 0.2) is 0 Å². The lowest BCUT2D eigenvalue weighted by atomic mass is 9.80. The molecule has 2 rings (SSSR count). The number of hydrogen-bond donors (Lipinski definition) is 1. The van der Waals surface area contributed by atoms with Crippen LogP contribution < -0.4 is 5.73 Å². The van der Waals surface area contributed by atoms with Crippen LogP contribution in [0.15, 0.2) is 0 Å². The molecule has 0 aromatic heterocycles. The summed E-state index contributed by atoms with van der Waals surface area (Å²) in [6.45, 7) is 6.34. The summed E-state index contributed by atoms with van der Waals surface area (Å²) in [7, 11) is 0. The zero-order valence-electron chi connectivity index (χ0n) is 12.0. The number of nitrogens with two attached hydrogens (primary N) is 1. The van der Waals surface area contributed by atoms with Crippen molar-refractivity contribution in [2.75, 3.05) is 13.1 Å². The van der Waals surface area contributed by atoms with E-state index in [9.17, 15) is 4.79 Å². The van der Waals surface area contributed by atoms with E-state index in [2.05, 4.69) is 18.7 Å². The molecule has 2 fully saturated rings. The summed E-state index contributed by atoms with van der Waals surface area (Å²) < 4.78 is 0. The van der Waals surface area contributed by atoms with Gasteiger partial charge in [0.05, 0.1) is 5.54 Å². The summed E-state index contributed by atoms with van der Waals surface area (Å²) in [5, 5.41) is 0. The monoisotopic (exact) mass is 252 g/mol. The standard InChI is InChI=1S/C15H28N2O/c1-3-14(4-2)10-11-17(12-14)13(18)15(16)8-6-5-7-9-15/h3-12,16H2,1-2H3. The van der Waals surface area contributed by atoms with Crippen LogP contribution in [0.3, 0.4) is 0 Å². The molecule has 1 amide bonds. The van der Waals surface area contributed by atoms with Gasteiger partial charge in [0, 0.05) is 13.1 Å². The zero-order chi connectivity index (χ0) is 13.2. The van der Waals surface area contributed by atoms with Gasteiger partial charge in [0.2, 0.25) is 5.91 Å². The molecule has 3 nitrogen and oxygen atoms in total. The number of likely N-dealkylation sites (tertiary alicyclic amines) is 1. The van der Waals surface area contributed by atoms with Crippen molar-refractivity contribution in [1.82, 2.24) is 4.90 Å². The summed E-state index contributed by atoms with van der Waals surface area (Å²) in [5.41, 5.74) is 6.18. The Morgan fingerprint density at radius 2 is 1.72 bits per heavy atom. The van der Waals surface area contributed by atoms with Crippen LogP contribution in [-0.4, -0.2) is 29.4 Å². The average Bonchev–Trinajstić information content (AvgIpc) is 2.84. The summed E-state index contributed by atoms with van der Waals surface area (Å²) >= 11 is 0. The Morgan fingerprint density at radius 3 is 2.22 bits per heavy atom. The van der Waals surface area contributed by atoms with Crippen molar-refractivity contribution in [3.63, 3.8) is 0 Å². The molecule has 2 aliphatic rings. The first-order valence-corrected chi connectivity index (χ1v) is 7.63. The van der Waals surface area contributed by atoms with Crippen LogP contribution in [0, 0.1) is 5.41 Å². The molecule has 0 aromatic rings. The fourth-order valence-corrected chi connectivity index (χ4v) is 3.65. The Bertz CT molecular complexity index is 304. The summed E-state index contributed by atoms with van der Waals surface area (Å²) in [4.78, 5) is 14.7. The summed E-state index contributed by atoms with van der Waals surface area (Å²) in [6, 6.07) is 0. The predicted molar refractivity (Wildman–Crippen MR) is 74.2 cm³/mol. The van der Waals surface area contributed by atoms with E-state index >= 15 is 0 Å². The molecular formula is C15H28N2O. The first kappa shape index (κ1) is 13.9. The molecule has 18 heavy (non-hydrogen) atoms. The number of hydrogen-bond acceptors (Lipinski definition) is 2. The van der Waals surface area contributed by atoms with Crippen molar-refractivity contribution in [2.45, 2.75) is 70.8 Å². The second-order valence-electron chi connectivity index (χ2n) is 6.40. The van der Waals surface area contributed by atoms with Crippen LogP contribution in [0.5, 0.6) is 0 Å². The van der Waals surface area contributed by atoms with Gasteiger partial charge in [-0.05, 0) is 37.5 Å². The average molecular weight is 252 g/mol. The molecule has 2 N–H and O–H groups in total. The minimum Gasteiger partial charge on any atom is -0.341 e. The third-order valence-corrected chi connectivity index (χ3v) is 5.40. The van der Waals surface area contributed by atoms with Crippen molar-refractivity contribution >= 4 is 5.91 Å². The Labute approximate surface area is 111 Å². The maximum atomic E-state index is 12.6. The molecule has 0 bridgehead atoms. The highest BCUT2D eigenvalue weighted by Gasteiger charge is 2.44. The summed E-state index contributed by atoms with van der Waals surface area (Å²) in [5.74, 6) is 0.228. The fraction of sp³-hybridized carbons (Fsp3) is 0.933. The van der Waals surface area contributed by atoms with Gasteiger partial charge in [0.1, 0.15) is 0 Å². The van der Waals surface area contributed by atoms with Crippen LogP contribution >= 0.6 is 0 Å². The highest BCUT2D eigenvalue weighted by atomic mass is 16.2. The number of amides is 1. The van der Waals surface area contributed by atoms with Crippen molar-refractivity contribution < 1.29 is 4.79 Å². The lowest BCUT2D eigenvalue weighted by Crippen LogP contribution is -2.56. The smallest absolute Gasteiger partial charge is 0.242 e. The van der Waals surface area contributed by atoms with Gasteiger partial charge in [-0.25, -0.2) is 0 Å². The quantitative estimate of drug-likeness (QED) is 0.839. The molecule has 0 atom stereocenters. The molecule has 0 unspecified atom stereocenters. The van der Waals surface area contributed by atoms with Gasteiger partial charge < -0.3 is 10.6 Å². The Morgan fingerprint density at radius 1 is 1.11 bits per heavy atom. The van der Waals surface area contributed by atoms with E-state index in [1.807, 2.05) is 0 Å². The zero-order valence-corrected chi connectivity index (χ0v) is 12.0. The number of rotatable bonds is 3. The van der Waals surface area contributed by atoms with Gasteiger partial charge in [-0.1, -0.05) is 33.1 Å². The highest BCUT2D eigenvalue weighted by Crippen LogP contribution is 2.38. The molecule has 0 radical (unpaired) electrons. The molecule has 104 valence electrons. The third kappa shape index (κ3) is 2.42. The van der Waals surface area contributed by atoms with Gasteiger partial charge in [0.25, 0.3) is 0 Å². The number of carbonyl (C=O) groups is 1. The van der Waals surface area contributed by atoms with Crippen LogP contribution in [0.1, 0.15) is 65.2 Å². The molecular weight excluding hydrogens is 224 g/mol. The number of nitrogens with zero attached hydrogens (tertiary/aromatic N) is 1. The molecule has 1 heterocycles. The second-order valence-corrected chi connectivity index (χ2v) is 6.40. The van der Waals surface area contributed by atoms with Crippen LogP contribution in [-0.2, 0) is 4.79 Å². The van der Waals surface area contributed by atoms with Crippen molar-refractivity contribution in [1.29, 1.82) is 0 Å². The van der Waals surface area contributed by atoms with E-state index in [1.165, 1.54) is 19.3 Å². The van der Waals surface area contributed by atoms with Gasteiger partial charge in [-0.2, -0.15) is 0 Å². The number of carbonyl (C=O) groups excluding carboxylic acids is 1. The second kappa shape index (κ2) is 5.20. The van der Waals surface area contributed by atoms with E-state index in [-0.39, 0.29) is 5.91 Å². The van der Waals surface area contributed by atoms with Crippen LogP contribution in [0.2, 0.25) is 0 Å². The highest BCUT2D eigenvalue weighted by molar-refractivity contribution is 5.86. The van der Waals surface area contributed by atoms with Crippen molar-refractivity contribution in [3.8, 4) is 0 Å². The molecule has 1 aliphatic carbocycles. The lowest BCUT2D eigenvalue weighted by Gasteiger charge is -2.36. The largest absolute Gasteiger partial charge is 0.341 e. The fourth-order valence-electron chi connectivity index (χ4n) is 3.65. The topological polar surface area (TPSA) is 46.3 Å². The lowest BCUT2D eigenvalue weighted by molar-refractivity contribution is -0.137. The molecule has 1 saturated carbocycles. The van der Waals surface area contributed by atoms with E-state index in [1.54, 1.807) is 0 Å². The maximum Gasteiger partial charge on any atom is 0.242 e. The van der Waals surface area contributed by atoms with E-state index in [0.717, 1.165) is 45.2 Å². The predicted octanol–water partition coefficient (Wildman–Crippen LogP) is 2.69. The summed E-state index contributed by atoms with van der Waals surface area (Å²) in [6.07, 6.45) is 8.73. The van der Waals surface area contributed by atoms with Crippen LogP contribution in [0.25, 0.3) is 0 Å². The minimum atomic E-state index is -0.546. The normalized spacial score (nSPS) is 26.3. The SMILES string of the molecule is CCC1(CC)CCN(C(=O)C2(N)CCCCC2)C1. The van der Waals surface area contributed by atoms with Gasteiger partial charge in [-0.15, -0.1) is 0 Å². The van der Waals surface area contributed by atoms with Crippen LogP contribution in [0.4, 0.5) is 0 Å². The van der Waals surface area contributed by atoms with Gasteiger partial charge >= 0.3 is 0 Å². The third-order valence-electron chi connectivity index (χ3n) is 5.40. The molecule has 3 heteroatoms. The molecule has 1 saturated heterocycles. The van der Waals surface area contributed by atoms with E-state index in [0.29, 0.717) is 5.41 Å². The Hall–Kier alpha value is -0.570.